The van der Waals surface area contributed by atoms with Gasteiger partial charge in [0.2, 0.25) is 0 Å². The first-order valence-corrected chi connectivity index (χ1v) is 39.6. The molecule has 22 rings (SSSR count). The van der Waals surface area contributed by atoms with Crippen LogP contribution in [0.2, 0.25) is 0 Å². The van der Waals surface area contributed by atoms with Gasteiger partial charge in [-0.1, -0.05) is 374 Å². The fourth-order valence-electron chi connectivity index (χ4n) is 17.8. The molecule has 0 spiro atoms. The van der Waals surface area contributed by atoms with E-state index >= 15 is 0 Å². The first kappa shape index (κ1) is 68.1. The molecule has 3 aromatic heterocycles. The van der Waals surface area contributed by atoms with Crippen LogP contribution in [-0.2, 0) is 6.42 Å². The zero-order chi connectivity index (χ0) is 75.1. The minimum Gasteiger partial charge on any atom is -0.309 e. The summed E-state index contributed by atoms with van der Waals surface area (Å²) in [5.74, 6) is 0. The highest BCUT2D eigenvalue weighted by molar-refractivity contribution is 9.10. The number of nitrogens with zero attached hydrogens (tertiary/aromatic N) is 3. The van der Waals surface area contributed by atoms with E-state index in [1.54, 1.807) is 0 Å². The van der Waals surface area contributed by atoms with E-state index in [1.807, 2.05) is 0 Å². The summed E-state index contributed by atoms with van der Waals surface area (Å²) in [5.41, 5.74) is 36.2. The molecule has 532 valence electrons. The van der Waals surface area contributed by atoms with Crippen LogP contribution in [0.5, 0.6) is 0 Å². The van der Waals surface area contributed by atoms with Crippen molar-refractivity contribution in [2.75, 3.05) is 0 Å². The molecule has 0 saturated heterocycles. The molecule has 0 atom stereocenters. The standard InChI is InChI=1S/C54H36N2.C37H26.C18H12BrN/c1-5-19-37(20-6-1)49-50(38-21-7-2-8-22-38)52(40-25-11-4-12-26-40)54-53(51(49)39-23-9-3-10-24-39)45-29-15-18-32-48(45)56(54)42-35-33-41(34-36-42)55-46-30-16-13-27-43(46)44-28-14-17-31-47(44)55;1-5-15-26(16-6-1)33-32-25-30-23-13-14-24-31(30)37(32)36(29-21-11-4-12-22-29)35(28-19-9-3-10-20-28)34(33)27-17-7-2-8-18-27;19-13-9-11-14(12-10-13)20-17-7-3-1-5-15(17)16-6-2-4-8-18(16)20/h1-36H;1-24H,25H2;1-12H. The summed E-state index contributed by atoms with van der Waals surface area (Å²) in [4.78, 5) is 0. The van der Waals surface area contributed by atoms with Crippen molar-refractivity contribution in [3.63, 3.8) is 0 Å². The molecule has 0 N–H and O–H groups in total. The van der Waals surface area contributed by atoms with Gasteiger partial charge in [0.15, 0.2) is 0 Å². The molecule has 0 unspecified atom stereocenters. The third-order valence-electron chi connectivity index (χ3n) is 22.5. The summed E-state index contributed by atoms with van der Waals surface area (Å²) >= 11 is 3.50. The Labute approximate surface area is 666 Å². The second-order valence-corrected chi connectivity index (χ2v) is 29.8. The van der Waals surface area contributed by atoms with E-state index in [0.717, 1.165) is 22.3 Å². The van der Waals surface area contributed by atoms with Crippen molar-refractivity contribution in [2.24, 2.45) is 0 Å². The van der Waals surface area contributed by atoms with E-state index in [0.29, 0.717) is 0 Å². The summed E-state index contributed by atoms with van der Waals surface area (Å²) in [5, 5.41) is 7.59. The number of rotatable bonds is 11. The molecule has 0 aliphatic heterocycles. The van der Waals surface area contributed by atoms with E-state index in [-0.39, 0.29) is 0 Å². The van der Waals surface area contributed by atoms with Crippen molar-refractivity contribution in [3.8, 4) is 117 Å². The average molecular weight is 1510 g/mol. The molecule has 18 aromatic carbocycles. The predicted molar refractivity (Wildman–Crippen MR) is 482 cm³/mol. The second kappa shape index (κ2) is 29.7. The Morgan fingerprint density at radius 2 is 0.434 bits per heavy atom. The maximum absolute atomic E-state index is 3.50. The fourth-order valence-corrected chi connectivity index (χ4v) is 18.1. The molecule has 113 heavy (non-hydrogen) atoms. The lowest BCUT2D eigenvalue weighted by Crippen LogP contribution is -2.01. The Hall–Kier alpha value is -14.2. The van der Waals surface area contributed by atoms with Gasteiger partial charge in [0.25, 0.3) is 0 Å². The van der Waals surface area contributed by atoms with Gasteiger partial charge in [0.05, 0.1) is 33.1 Å². The van der Waals surface area contributed by atoms with Crippen LogP contribution in [0.15, 0.2) is 441 Å². The molecule has 1 aliphatic rings. The van der Waals surface area contributed by atoms with Crippen LogP contribution in [0.3, 0.4) is 0 Å². The normalized spacial score (nSPS) is 11.5. The van der Waals surface area contributed by atoms with Crippen LogP contribution in [0.4, 0.5) is 0 Å². The smallest absolute Gasteiger partial charge is 0.0632 e. The van der Waals surface area contributed by atoms with E-state index < -0.39 is 0 Å². The summed E-state index contributed by atoms with van der Waals surface area (Å²) in [6.07, 6.45) is 0.935. The largest absolute Gasteiger partial charge is 0.309 e. The first-order valence-electron chi connectivity index (χ1n) is 38.8. The molecular weight excluding hydrogens is 1430 g/mol. The van der Waals surface area contributed by atoms with Crippen molar-refractivity contribution in [3.05, 3.63) is 452 Å². The molecule has 3 heterocycles. The van der Waals surface area contributed by atoms with Gasteiger partial charge in [-0.3, -0.25) is 0 Å². The highest BCUT2D eigenvalue weighted by Gasteiger charge is 2.33. The summed E-state index contributed by atoms with van der Waals surface area (Å²) < 4.78 is 8.32. The van der Waals surface area contributed by atoms with Gasteiger partial charge in [-0.2, -0.15) is 0 Å². The molecule has 0 saturated carbocycles. The van der Waals surface area contributed by atoms with Gasteiger partial charge >= 0.3 is 0 Å². The lowest BCUT2D eigenvalue weighted by Gasteiger charge is -2.25. The quantitative estimate of drug-likeness (QED) is 0.123. The number of para-hydroxylation sites is 5. The zero-order valence-corrected chi connectivity index (χ0v) is 63.6. The Morgan fingerprint density at radius 3 is 0.814 bits per heavy atom. The number of hydrogen-bond donors (Lipinski definition) is 0. The van der Waals surface area contributed by atoms with Crippen molar-refractivity contribution in [1.29, 1.82) is 0 Å². The monoisotopic (exact) mass is 1500 g/mol. The average Bonchev–Trinajstić information content (AvgIpc) is 1.55. The Morgan fingerprint density at radius 1 is 0.186 bits per heavy atom. The zero-order valence-electron chi connectivity index (χ0n) is 62.0. The van der Waals surface area contributed by atoms with E-state index in [9.17, 15) is 0 Å². The van der Waals surface area contributed by atoms with Gasteiger partial charge < -0.3 is 13.7 Å². The van der Waals surface area contributed by atoms with Crippen molar-refractivity contribution >= 4 is 81.3 Å². The van der Waals surface area contributed by atoms with Crippen molar-refractivity contribution in [1.82, 2.24) is 13.7 Å². The summed E-state index contributed by atoms with van der Waals surface area (Å²) in [6.45, 7) is 0. The third-order valence-corrected chi connectivity index (χ3v) is 23.0. The Kier molecular flexibility index (Phi) is 17.9. The molecule has 3 nitrogen and oxygen atoms in total. The molecule has 1 aliphatic carbocycles. The van der Waals surface area contributed by atoms with Gasteiger partial charge in [-0.05, 0) is 180 Å². The number of aromatic nitrogens is 3. The maximum atomic E-state index is 3.50. The predicted octanol–water partition coefficient (Wildman–Crippen LogP) is 30.0. The van der Waals surface area contributed by atoms with Gasteiger partial charge in [-0.25, -0.2) is 0 Å². The molecule has 21 aromatic rings. The minimum absolute atomic E-state index is 0.935. The maximum Gasteiger partial charge on any atom is 0.0632 e. The van der Waals surface area contributed by atoms with Gasteiger partial charge in [0.1, 0.15) is 0 Å². The summed E-state index contributed by atoms with van der Waals surface area (Å²) in [6, 6.07) is 158. The van der Waals surface area contributed by atoms with E-state index in [1.165, 1.54) is 182 Å². The van der Waals surface area contributed by atoms with Gasteiger partial charge in [0, 0.05) is 70.5 Å². The lowest BCUT2D eigenvalue weighted by atomic mass is 9.77. The minimum atomic E-state index is 0.935. The highest BCUT2D eigenvalue weighted by Crippen LogP contribution is 2.58. The molecule has 0 radical (unpaired) electrons. The van der Waals surface area contributed by atoms with Gasteiger partial charge in [-0.15, -0.1) is 0 Å². The van der Waals surface area contributed by atoms with E-state index in [2.05, 4.69) is 466 Å². The van der Waals surface area contributed by atoms with Crippen LogP contribution in [0.1, 0.15) is 11.1 Å². The van der Waals surface area contributed by atoms with Crippen molar-refractivity contribution in [2.45, 2.75) is 6.42 Å². The van der Waals surface area contributed by atoms with Crippen LogP contribution in [0.25, 0.3) is 183 Å². The third kappa shape index (κ3) is 12.2. The second-order valence-electron chi connectivity index (χ2n) is 28.9. The van der Waals surface area contributed by atoms with Crippen LogP contribution < -0.4 is 0 Å². The van der Waals surface area contributed by atoms with E-state index in [4.69, 9.17) is 0 Å². The lowest BCUT2D eigenvalue weighted by molar-refractivity contribution is 1.14. The Bertz CT molecular complexity index is 6950. The number of benzene rings is 18. The number of fused-ring (bicyclic) bond motifs is 12. The number of hydrogen-bond acceptors (Lipinski definition) is 0. The molecule has 0 bridgehead atoms. The fraction of sp³-hybridized carbons (Fsp3) is 0.00917. The molecule has 0 fully saturated rings. The van der Waals surface area contributed by atoms with Crippen LogP contribution >= 0.6 is 15.9 Å². The Balaban J connectivity index is 0.000000124. The van der Waals surface area contributed by atoms with Crippen molar-refractivity contribution < 1.29 is 0 Å². The van der Waals surface area contributed by atoms with Crippen LogP contribution in [-0.4, -0.2) is 13.7 Å². The highest BCUT2D eigenvalue weighted by atomic mass is 79.9. The number of halogens is 1. The first-order chi connectivity index (χ1) is 56.1. The molecule has 0 amide bonds. The summed E-state index contributed by atoms with van der Waals surface area (Å²) in [7, 11) is 0. The topological polar surface area (TPSA) is 14.8 Å². The molecule has 4 heteroatoms. The molecular formula is C109H74BrN3. The SMILES string of the molecule is Brc1ccc(-n2c3ccccc3c3ccccc32)cc1.c1ccc(-c2c(-c3ccccc3)c(-c3ccccc3)c3c(c2-c2ccccc2)c2ccccc2n3-c2ccc(-n3c4ccccc4c4ccccc43)cc2)cc1.c1ccc(-c2c3c(c(-c4ccccc4)c(-c4ccccc4)c2-c2ccccc2)-c2ccccc2C3)cc1. The van der Waals surface area contributed by atoms with Crippen LogP contribution in [0, 0.1) is 0 Å².